The lowest BCUT2D eigenvalue weighted by Crippen LogP contribution is -2.07. The highest BCUT2D eigenvalue weighted by molar-refractivity contribution is 7.15. The number of carbonyl (C=O) groups is 1. The zero-order chi connectivity index (χ0) is 25.8. The van der Waals surface area contributed by atoms with Crippen molar-refractivity contribution in [3.05, 3.63) is 92.3 Å². The van der Waals surface area contributed by atoms with E-state index in [1.165, 1.54) is 28.5 Å². The van der Waals surface area contributed by atoms with E-state index in [4.69, 9.17) is 16.6 Å². The molecule has 6 nitrogen and oxygen atoms in total. The summed E-state index contributed by atoms with van der Waals surface area (Å²) < 4.78 is 2.13. The van der Waals surface area contributed by atoms with Crippen molar-refractivity contribution in [2.75, 3.05) is 5.32 Å². The van der Waals surface area contributed by atoms with Gasteiger partial charge < -0.3 is 5.32 Å². The Balaban J connectivity index is 0.000000200. The Morgan fingerprint density at radius 3 is 2.39 bits per heavy atom. The first kappa shape index (κ1) is 25.8. The smallest absolute Gasteiger partial charge is 0.221 e. The van der Waals surface area contributed by atoms with Crippen LogP contribution in [0, 0.1) is 20.8 Å². The molecule has 0 fully saturated rings. The van der Waals surface area contributed by atoms with Gasteiger partial charge in [0.15, 0.2) is 5.82 Å². The molecular formula is C28H30ClN5OS. The third kappa shape index (κ3) is 5.58. The molecule has 0 saturated carbocycles. The van der Waals surface area contributed by atoms with Crippen molar-refractivity contribution in [1.29, 1.82) is 0 Å². The Kier molecular flexibility index (Phi) is 8.01. The maximum atomic E-state index is 10.7. The van der Waals surface area contributed by atoms with Gasteiger partial charge in [0.1, 0.15) is 17.4 Å². The summed E-state index contributed by atoms with van der Waals surface area (Å²) in [6.45, 7) is 10.5. The number of nitrogens with zero attached hydrogens (tertiary/aromatic N) is 4. The number of nitrogens with one attached hydrogen (secondary N) is 1. The summed E-state index contributed by atoms with van der Waals surface area (Å²) in [7, 11) is 0. The largest absolute Gasteiger partial charge is 0.326 e. The van der Waals surface area contributed by atoms with E-state index in [1.54, 1.807) is 11.3 Å². The SMILES string of the molecule is CCCc1ccc(NC(C)=O)cc1.Cc1sc2c(c1C)C(c1ccc(Cl)cc1)=NCc1nnc(C)n1-2. The van der Waals surface area contributed by atoms with Gasteiger partial charge >= 0.3 is 0 Å². The molecule has 36 heavy (non-hydrogen) atoms. The van der Waals surface area contributed by atoms with E-state index in [1.807, 2.05) is 43.3 Å². The first-order valence-corrected chi connectivity index (χ1v) is 13.2. The quantitative estimate of drug-likeness (QED) is 0.320. The lowest BCUT2D eigenvalue weighted by molar-refractivity contribution is -0.114. The number of anilines is 1. The van der Waals surface area contributed by atoms with Crippen LogP contribution in [0.4, 0.5) is 5.69 Å². The van der Waals surface area contributed by atoms with Gasteiger partial charge in [-0.25, -0.2) is 0 Å². The van der Waals surface area contributed by atoms with Gasteiger partial charge in [-0.1, -0.05) is 49.2 Å². The fraction of sp³-hybridized carbons (Fsp3) is 0.286. The molecular weight excluding hydrogens is 490 g/mol. The van der Waals surface area contributed by atoms with E-state index in [0.717, 1.165) is 51.5 Å². The van der Waals surface area contributed by atoms with Gasteiger partial charge in [0.25, 0.3) is 0 Å². The minimum atomic E-state index is -0.0248. The van der Waals surface area contributed by atoms with E-state index in [2.05, 4.69) is 53.0 Å². The van der Waals surface area contributed by atoms with Gasteiger partial charge in [-0.3, -0.25) is 14.4 Å². The summed E-state index contributed by atoms with van der Waals surface area (Å²) in [5.74, 6) is 1.76. The van der Waals surface area contributed by atoms with Crippen LogP contribution < -0.4 is 5.32 Å². The van der Waals surface area contributed by atoms with Gasteiger partial charge in [0, 0.05) is 33.6 Å². The molecule has 0 atom stereocenters. The summed E-state index contributed by atoms with van der Waals surface area (Å²) in [4.78, 5) is 16.9. The van der Waals surface area contributed by atoms with Crippen molar-refractivity contribution in [2.45, 2.75) is 54.0 Å². The molecule has 4 aromatic rings. The summed E-state index contributed by atoms with van der Waals surface area (Å²) in [5, 5.41) is 13.1. The van der Waals surface area contributed by atoms with E-state index in [9.17, 15) is 4.79 Å². The number of fused-ring (bicyclic) bond motifs is 3. The highest BCUT2D eigenvalue weighted by atomic mass is 35.5. The topological polar surface area (TPSA) is 72.2 Å². The second-order valence-corrected chi connectivity index (χ2v) is 10.4. The minimum Gasteiger partial charge on any atom is -0.326 e. The molecule has 3 heterocycles. The van der Waals surface area contributed by atoms with Crippen molar-refractivity contribution >= 4 is 40.2 Å². The number of hydrogen-bond acceptors (Lipinski definition) is 5. The molecule has 0 radical (unpaired) electrons. The number of aliphatic imine (C=N–C) groups is 1. The van der Waals surface area contributed by atoms with Crippen LogP contribution >= 0.6 is 22.9 Å². The minimum absolute atomic E-state index is 0.0248. The number of aromatic nitrogens is 3. The fourth-order valence-electron chi connectivity index (χ4n) is 4.14. The predicted octanol–water partition coefficient (Wildman–Crippen LogP) is 6.86. The molecule has 0 aliphatic carbocycles. The average molecular weight is 520 g/mol. The Morgan fingerprint density at radius 1 is 1.06 bits per heavy atom. The number of aryl methyl sites for hydroxylation is 3. The molecule has 1 N–H and O–H groups in total. The summed E-state index contributed by atoms with van der Waals surface area (Å²) >= 11 is 7.80. The molecule has 1 amide bonds. The molecule has 0 saturated heterocycles. The first-order valence-electron chi connectivity index (χ1n) is 12.0. The number of carbonyl (C=O) groups excluding carboxylic acids is 1. The van der Waals surface area contributed by atoms with Crippen LogP contribution in [0.15, 0.2) is 53.5 Å². The van der Waals surface area contributed by atoms with Crippen LogP contribution in [0.25, 0.3) is 5.00 Å². The Bertz CT molecular complexity index is 1400. The average Bonchev–Trinajstić information content (AvgIpc) is 3.29. The number of halogens is 1. The molecule has 0 spiro atoms. The summed E-state index contributed by atoms with van der Waals surface area (Å²) in [5.41, 5.74) is 6.71. The molecule has 2 aromatic heterocycles. The van der Waals surface area contributed by atoms with Crippen LogP contribution in [0.5, 0.6) is 0 Å². The van der Waals surface area contributed by atoms with Crippen molar-refractivity contribution in [3.8, 4) is 5.00 Å². The molecule has 5 rings (SSSR count). The number of hydrogen-bond donors (Lipinski definition) is 1. The van der Waals surface area contributed by atoms with Gasteiger partial charge in [0.05, 0.1) is 5.71 Å². The Labute approximate surface area is 221 Å². The number of amides is 1. The number of rotatable bonds is 4. The lowest BCUT2D eigenvalue weighted by Gasteiger charge is -2.09. The molecule has 2 aromatic carbocycles. The van der Waals surface area contributed by atoms with Crippen molar-refractivity contribution in [1.82, 2.24) is 14.8 Å². The van der Waals surface area contributed by atoms with Gasteiger partial charge in [0.2, 0.25) is 5.91 Å². The third-order valence-corrected chi connectivity index (χ3v) is 7.45. The molecule has 1 aliphatic heterocycles. The number of thiophene rings is 1. The lowest BCUT2D eigenvalue weighted by atomic mass is 10.00. The first-order chi connectivity index (χ1) is 17.3. The van der Waals surface area contributed by atoms with E-state index in [0.29, 0.717) is 6.54 Å². The standard InChI is InChI=1S/C17H15ClN4S.C11H15NO/c1-9-10(2)23-17-15(9)16(12-4-6-13(18)7-5-12)19-8-14-21-20-11(3)22(14)17;1-3-4-10-5-7-11(8-6-10)12-9(2)13/h4-7H,8H2,1-3H3;5-8H,3-4H2,1-2H3,(H,12,13). The van der Waals surface area contributed by atoms with Crippen LogP contribution in [-0.2, 0) is 17.8 Å². The molecule has 0 bridgehead atoms. The highest BCUT2D eigenvalue weighted by Crippen LogP contribution is 2.36. The van der Waals surface area contributed by atoms with Crippen molar-refractivity contribution < 1.29 is 4.79 Å². The van der Waals surface area contributed by atoms with E-state index >= 15 is 0 Å². The van der Waals surface area contributed by atoms with Crippen LogP contribution in [-0.4, -0.2) is 26.4 Å². The number of benzene rings is 2. The van der Waals surface area contributed by atoms with Gasteiger partial charge in [-0.2, -0.15) is 0 Å². The van der Waals surface area contributed by atoms with E-state index < -0.39 is 0 Å². The summed E-state index contributed by atoms with van der Waals surface area (Å²) in [6, 6.07) is 15.8. The molecule has 8 heteroatoms. The van der Waals surface area contributed by atoms with E-state index in [-0.39, 0.29) is 5.91 Å². The van der Waals surface area contributed by atoms with Crippen LogP contribution in [0.2, 0.25) is 5.02 Å². The normalized spacial score (nSPS) is 12.0. The third-order valence-electron chi connectivity index (χ3n) is 6.01. The highest BCUT2D eigenvalue weighted by Gasteiger charge is 2.26. The van der Waals surface area contributed by atoms with Crippen molar-refractivity contribution in [2.24, 2.45) is 4.99 Å². The zero-order valence-electron chi connectivity index (χ0n) is 21.2. The van der Waals surface area contributed by atoms with Gasteiger partial charge in [-0.05, 0) is 62.6 Å². The molecule has 0 unspecified atom stereocenters. The molecule has 186 valence electrons. The molecule has 1 aliphatic rings. The Morgan fingerprint density at radius 2 is 1.75 bits per heavy atom. The summed E-state index contributed by atoms with van der Waals surface area (Å²) in [6.07, 6.45) is 2.25. The fourth-order valence-corrected chi connectivity index (χ4v) is 5.49. The maximum Gasteiger partial charge on any atom is 0.221 e. The zero-order valence-corrected chi connectivity index (χ0v) is 22.8. The van der Waals surface area contributed by atoms with Crippen molar-refractivity contribution in [3.63, 3.8) is 0 Å². The van der Waals surface area contributed by atoms with Crippen LogP contribution in [0.1, 0.15) is 59.0 Å². The van der Waals surface area contributed by atoms with Crippen LogP contribution in [0.3, 0.4) is 0 Å². The monoisotopic (exact) mass is 519 g/mol. The maximum absolute atomic E-state index is 10.7. The second kappa shape index (κ2) is 11.2. The van der Waals surface area contributed by atoms with Gasteiger partial charge in [-0.15, -0.1) is 21.5 Å². The Hall–Kier alpha value is -3.29. The predicted molar refractivity (Wildman–Crippen MR) is 149 cm³/mol. The second-order valence-electron chi connectivity index (χ2n) is 8.76.